The van der Waals surface area contributed by atoms with Crippen LogP contribution in [0.2, 0.25) is 0 Å². The van der Waals surface area contributed by atoms with Gasteiger partial charge in [0.2, 0.25) is 0 Å². The number of hydrogen-bond donors (Lipinski definition) is 2. The lowest BCUT2D eigenvalue weighted by Crippen LogP contribution is -2.27. The number of anilines is 1. The van der Waals surface area contributed by atoms with Gasteiger partial charge in [-0.2, -0.15) is 0 Å². The van der Waals surface area contributed by atoms with Crippen LogP contribution in [0.4, 0.5) is 5.69 Å². The Balaban J connectivity index is 2.10. The smallest absolute Gasteiger partial charge is 0.259 e. The number of hydrogen-bond acceptors (Lipinski definition) is 5. The predicted molar refractivity (Wildman–Crippen MR) is 113 cm³/mol. The summed E-state index contributed by atoms with van der Waals surface area (Å²) in [7, 11) is 1.53. The van der Waals surface area contributed by atoms with Crippen molar-refractivity contribution in [3.8, 4) is 5.75 Å². The Kier molecular flexibility index (Phi) is 8.84. The average molecular weight is 403 g/mol. The number of carbonyl (C=O) groups excluding carboxylic acids is 2. The molecule has 150 valence electrons. The van der Waals surface area contributed by atoms with E-state index in [1.165, 1.54) is 7.11 Å². The minimum atomic E-state index is -0.332. The van der Waals surface area contributed by atoms with Crippen molar-refractivity contribution in [3.63, 3.8) is 0 Å². The number of thioether (sulfide) groups is 1. The van der Waals surface area contributed by atoms with Crippen LogP contribution in [0.3, 0.4) is 0 Å². The summed E-state index contributed by atoms with van der Waals surface area (Å²) in [6.45, 7) is 3.69. The van der Waals surface area contributed by atoms with Crippen molar-refractivity contribution in [2.45, 2.75) is 18.2 Å². The van der Waals surface area contributed by atoms with E-state index in [4.69, 9.17) is 9.47 Å². The SMILES string of the molecule is CCOCCCNC(=O)c1ccccc1NC(=O)c1ccc(SC)cc1OC. The zero-order valence-corrected chi connectivity index (χ0v) is 17.2. The van der Waals surface area contributed by atoms with Crippen molar-refractivity contribution < 1.29 is 19.1 Å². The highest BCUT2D eigenvalue weighted by atomic mass is 32.2. The predicted octanol–water partition coefficient (Wildman–Crippen LogP) is 3.83. The van der Waals surface area contributed by atoms with Crippen LogP contribution in [0.1, 0.15) is 34.1 Å². The van der Waals surface area contributed by atoms with Gasteiger partial charge in [0.1, 0.15) is 5.75 Å². The quantitative estimate of drug-likeness (QED) is 0.467. The molecule has 0 atom stereocenters. The topological polar surface area (TPSA) is 76.7 Å². The van der Waals surface area contributed by atoms with Gasteiger partial charge in [0, 0.05) is 24.7 Å². The molecule has 2 rings (SSSR count). The maximum atomic E-state index is 12.8. The molecule has 0 saturated carbocycles. The van der Waals surface area contributed by atoms with E-state index >= 15 is 0 Å². The summed E-state index contributed by atoms with van der Waals surface area (Å²) in [5.74, 6) is -0.0830. The van der Waals surface area contributed by atoms with Crippen LogP contribution >= 0.6 is 11.8 Å². The summed E-state index contributed by atoms with van der Waals surface area (Å²) in [4.78, 5) is 26.2. The zero-order chi connectivity index (χ0) is 20.4. The first-order valence-electron chi connectivity index (χ1n) is 9.09. The second-order valence-corrected chi connectivity index (χ2v) is 6.75. The summed E-state index contributed by atoms with van der Waals surface area (Å²) in [6.07, 6.45) is 2.69. The maximum Gasteiger partial charge on any atom is 0.259 e. The highest BCUT2D eigenvalue weighted by molar-refractivity contribution is 7.98. The first-order chi connectivity index (χ1) is 13.6. The molecule has 2 aromatic rings. The molecule has 7 heteroatoms. The van der Waals surface area contributed by atoms with Gasteiger partial charge in [-0.05, 0) is 49.9 Å². The van der Waals surface area contributed by atoms with Gasteiger partial charge in [-0.1, -0.05) is 12.1 Å². The van der Waals surface area contributed by atoms with Gasteiger partial charge >= 0.3 is 0 Å². The Morgan fingerprint density at radius 1 is 1.07 bits per heavy atom. The third-order valence-corrected chi connectivity index (χ3v) is 4.75. The molecule has 0 fully saturated rings. The van der Waals surface area contributed by atoms with E-state index in [-0.39, 0.29) is 11.8 Å². The molecule has 0 unspecified atom stereocenters. The van der Waals surface area contributed by atoms with Crippen molar-refractivity contribution in [3.05, 3.63) is 53.6 Å². The first kappa shape index (κ1) is 21.8. The fourth-order valence-electron chi connectivity index (χ4n) is 2.58. The van der Waals surface area contributed by atoms with Crippen LogP contribution in [0, 0.1) is 0 Å². The monoisotopic (exact) mass is 402 g/mol. The number of amides is 2. The van der Waals surface area contributed by atoms with E-state index < -0.39 is 0 Å². The molecule has 0 radical (unpaired) electrons. The van der Waals surface area contributed by atoms with Gasteiger partial charge in [-0.3, -0.25) is 9.59 Å². The van der Waals surface area contributed by atoms with E-state index in [9.17, 15) is 9.59 Å². The minimum absolute atomic E-state index is 0.239. The Bertz CT molecular complexity index is 811. The third kappa shape index (κ3) is 6.00. The summed E-state index contributed by atoms with van der Waals surface area (Å²) in [6, 6.07) is 12.3. The van der Waals surface area contributed by atoms with E-state index in [0.29, 0.717) is 42.3 Å². The van der Waals surface area contributed by atoms with Gasteiger partial charge in [0.05, 0.1) is 23.9 Å². The van der Waals surface area contributed by atoms with Crippen molar-refractivity contribution in [1.29, 1.82) is 0 Å². The summed E-state index contributed by atoms with van der Waals surface area (Å²) >= 11 is 1.57. The number of carbonyl (C=O) groups is 2. The molecule has 0 aromatic heterocycles. The highest BCUT2D eigenvalue weighted by Crippen LogP contribution is 2.26. The number of rotatable bonds is 10. The van der Waals surface area contributed by atoms with Crippen LogP contribution < -0.4 is 15.4 Å². The van der Waals surface area contributed by atoms with Gasteiger partial charge in [-0.25, -0.2) is 0 Å². The Morgan fingerprint density at radius 2 is 1.86 bits per heavy atom. The van der Waals surface area contributed by atoms with Crippen molar-refractivity contribution in [1.82, 2.24) is 5.32 Å². The molecular weight excluding hydrogens is 376 g/mol. The normalized spacial score (nSPS) is 10.4. The highest BCUT2D eigenvalue weighted by Gasteiger charge is 2.17. The lowest BCUT2D eigenvalue weighted by Gasteiger charge is -2.13. The molecule has 2 N–H and O–H groups in total. The van der Waals surface area contributed by atoms with Crippen molar-refractivity contribution in [2.24, 2.45) is 0 Å². The van der Waals surface area contributed by atoms with Gasteiger partial charge in [0.15, 0.2) is 0 Å². The number of ether oxygens (including phenoxy) is 2. The van der Waals surface area contributed by atoms with E-state index in [1.54, 1.807) is 42.1 Å². The third-order valence-electron chi connectivity index (χ3n) is 4.03. The lowest BCUT2D eigenvalue weighted by molar-refractivity contribution is 0.0945. The Labute approximate surface area is 170 Å². The molecule has 0 bridgehead atoms. The summed E-state index contributed by atoms with van der Waals surface area (Å²) in [5.41, 5.74) is 1.27. The average Bonchev–Trinajstić information content (AvgIpc) is 2.73. The minimum Gasteiger partial charge on any atom is -0.496 e. The number of para-hydroxylation sites is 1. The molecule has 0 aliphatic carbocycles. The molecule has 0 spiro atoms. The fraction of sp³-hybridized carbons (Fsp3) is 0.333. The summed E-state index contributed by atoms with van der Waals surface area (Å²) < 4.78 is 10.6. The van der Waals surface area contributed by atoms with Crippen LogP contribution in [-0.2, 0) is 4.74 Å². The molecular formula is C21H26N2O4S. The number of nitrogens with one attached hydrogen (secondary N) is 2. The standard InChI is InChI=1S/C21H26N2O4S/c1-4-27-13-7-12-22-20(24)16-8-5-6-9-18(16)23-21(25)17-11-10-15(28-3)14-19(17)26-2/h5-6,8-11,14H,4,7,12-13H2,1-3H3,(H,22,24)(H,23,25). The van der Waals surface area contributed by atoms with E-state index in [2.05, 4.69) is 10.6 Å². The van der Waals surface area contributed by atoms with E-state index in [0.717, 1.165) is 11.3 Å². The molecule has 6 nitrogen and oxygen atoms in total. The number of methoxy groups -OCH3 is 1. The van der Waals surface area contributed by atoms with Crippen LogP contribution in [0.15, 0.2) is 47.4 Å². The molecule has 0 saturated heterocycles. The molecule has 0 heterocycles. The largest absolute Gasteiger partial charge is 0.496 e. The van der Waals surface area contributed by atoms with Crippen molar-refractivity contribution in [2.75, 3.05) is 38.4 Å². The van der Waals surface area contributed by atoms with Crippen molar-refractivity contribution >= 4 is 29.3 Å². The van der Waals surface area contributed by atoms with Crippen LogP contribution in [0.5, 0.6) is 5.75 Å². The molecule has 2 aromatic carbocycles. The maximum absolute atomic E-state index is 12.8. The molecule has 0 aliphatic rings. The zero-order valence-electron chi connectivity index (χ0n) is 16.4. The van der Waals surface area contributed by atoms with Crippen LogP contribution in [0.25, 0.3) is 0 Å². The fourth-order valence-corrected chi connectivity index (χ4v) is 3.01. The second kappa shape index (κ2) is 11.4. The Morgan fingerprint density at radius 3 is 2.57 bits per heavy atom. The summed E-state index contributed by atoms with van der Waals surface area (Å²) in [5, 5.41) is 5.67. The van der Waals surface area contributed by atoms with E-state index in [1.807, 2.05) is 25.3 Å². The molecule has 0 aliphatic heterocycles. The van der Waals surface area contributed by atoms with Gasteiger partial charge in [-0.15, -0.1) is 11.8 Å². The van der Waals surface area contributed by atoms with Gasteiger partial charge < -0.3 is 20.1 Å². The number of benzene rings is 2. The second-order valence-electron chi connectivity index (χ2n) is 5.87. The molecule has 28 heavy (non-hydrogen) atoms. The Hall–Kier alpha value is -2.51. The molecule has 2 amide bonds. The first-order valence-corrected chi connectivity index (χ1v) is 10.3. The lowest BCUT2D eigenvalue weighted by atomic mass is 10.1. The van der Waals surface area contributed by atoms with Crippen LogP contribution in [-0.4, -0.2) is 44.9 Å². The van der Waals surface area contributed by atoms with Gasteiger partial charge in [0.25, 0.3) is 11.8 Å².